The molecular formula is C93H124N4O5. The topological polar surface area (TPSA) is 95.6 Å². The molecule has 0 spiro atoms. The lowest BCUT2D eigenvalue weighted by atomic mass is 9.98. The molecule has 546 valence electrons. The zero-order valence-corrected chi connectivity index (χ0v) is 63.1. The summed E-state index contributed by atoms with van der Waals surface area (Å²) < 4.78 is 32.0. The van der Waals surface area contributed by atoms with Crippen molar-refractivity contribution in [3.63, 3.8) is 0 Å². The number of hydrogen-bond donors (Lipinski definition) is 0. The van der Waals surface area contributed by atoms with Gasteiger partial charge in [0.15, 0.2) is 0 Å². The maximum absolute atomic E-state index is 6.61. The van der Waals surface area contributed by atoms with Crippen LogP contribution in [0.3, 0.4) is 0 Å². The summed E-state index contributed by atoms with van der Waals surface area (Å²) in [7, 11) is 0. The van der Waals surface area contributed by atoms with Crippen LogP contribution >= 0.6 is 0 Å². The monoisotopic (exact) mass is 1380 g/mol. The Kier molecular flexibility index (Phi) is 36.1. The minimum absolute atomic E-state index is 0.650. The molecule has 0 aromatic heterocycles. The number of unbranched alkanes of at least 4 members (excludes halogenated alkanes) is 33. The van der Waals surface area contributed by atoms with Crippen LogP contribution in [-0.4, -0.2) is 62.5 Å². The number of ether oxygens (including phenoxy) is 5. The van der Waals surface area contributed by atoms with E-state index in [0.717, 1.165) is 178 Å². The fourth-order valence-electron chi connectivity index (χ4n) is 14.2. The van der Waals surface area contributed by atoms with Crippen LogP contribution in [0.5, 0.6) is 23.0 Å². The van der Waals surface area contributed by atoms with Crippen LogP contribution in [0.2, 0.25) is 0 Å². The molecule has 5 aliphatic heterocycles. The first kappa shape index (κ1) is 78.5. The van der Waals surface area contributed by atoms with Crippen molar-refractivity contribution in [1.29, 1.82) is 0 Å². The van der Waals surface area contributed by atoms with Gasteiger partial charge in [0.2, 0.25) is 0 Å². The Morgan fingerprint density at radius 1 is 0.265 bits per heavy atom. The molecule has 8 bridgehead atoms. The van der Waals surface area contributed by atoms with Crippen LogP contribution in [0.25, 0.3) is 22.3 Å². The predicted octanol–water partition coefficient (Wildman–Crippen LogP) is 26.3. The summed E-state index contributed by atoms with van der Waals surface area (Å²) in [5, 5.41) is 0. The van der Waals surface area contributed by atoms with Crippen LogP contribution in [0, 0.1) is 0 Å². The summed E-state index contributed by atoms with van der Waals surface area (Å²) in [5.41, 5.74) is 14.1. The van der Waals surface area contributed by atoms with Crippen molar-refractivity contribution >= 4 is 45.1 Å². The van der Waals surface area contributed by atoms with Gasteiger partial charge in [-0.1, -0.05) is 274 Å². The summed E-state index contributed by atoms with van der Waals surface area (Å²) in [6, 6.07) is 34.1. The molecule has 5 aliphatic rings. The van der Waals surface area contributed by atoms with E-state index in [0.29, 0.717) is 26.4 Å². The molecule has 0 amide bonds. The molecule has 0 saturated heterocycles. The Bertz CT molecular complexity index is 3530. The molecule has 0 fully saturated rings. The lowest BCUT2D eigenvalue weighted by Gasteiger charge is -2.14. The highest BCUT2D eigenvalue weighted by Gasteiger charge is 2.29. The van der Waals surface area contributed by atoms with Gasteiger partial charge >= 0.3 is 0 Å². The third kappa shape index (κ3) is 26.6. The van der Waals surface area contributed by atoms with Gasteiger partial charge < -0.3 is 23.7 Å². The zero-order valence-electron chi connectivity index (χ0n) is 63.1. The van der Waals surface area contributed by atoms with Crippen LogP contribution < -0.4 is 18.9 Å². The van der Waals surface area contributed by atoms with E-state index >= 15 is 0 Å². The molecule has 0 aliphatic carbocycles. The molecule has 9 nitrogen and oxygen atoms in total. The lowest BCUT2D eigenvalue weighted by Crippen LogP contribution is -2.05. The molecule has 9 rings (SSSR count). The molecule has 102 heavy (non-hydrogen) atoms. The average Bonchev–Trinajstić information content (AvgIpc) is 1.61. The van der Waals surface area contributed by atoms with Gasteiger partial charge in [0.25, 0.3) is 0 Å². The van der Waals surface area contributed by atoms with Crippen molar-refractivity contribution in [2.45, 2.75) is 265 Å². The van der Waals surface area contributed by atoms with E-state index in [2.05, 4.69) is 173 Å². The minimum atomic E-state index is 0.650. The first-order chi connectivity index (χ1) is 50.5. The van der Waals surface area contributed by atoms with Gasteiger partial charge in [-0.3, -0.25) is 0 Å². The fraction of sp³-hybridized carbons (Fsp3) is 0.505. The van der Waals surface area contributed by atoms with Crippen LogP contribution in [-0.2, 0) is 4.74 Å². The highest BCUT2D eigenvalue weighted by Crippen LogP contribution is 2.41. The molecule has 0 saturated carbocycles. The van der Waals surface area contributed by atoms with E-state index in [4.69, 9.17) is 43.7 Å². The van der Waals surface area contributed by atoms with Crippen LogP contribution in [0.1, 0.15) is 287 Å². The normalized spacial score (nSPS) is 14.6. The van der Waals surface area contributed by atoms with E-state index in [1.54, 1.807) is 0 Å². The number of fused-ring (bicyclic) bond motifs is 4. The van der Waals surface area contributed by atoms with Gasteiger partial charge in [-0.2, -0.15) is 0 Å². The van der Waals surface area contributed by atoms with Gasteiger partial charge in [-0.05, 0) is 164 Å². The second kappa shape index (κ2) is 46.9. The number of hydrogen-bond acceptors (Lipinski definition) is 9. The minimum Gasteiger partial charge on any atom is -0.494 e. The third-order valence-corrected chi connectivity index (χ3v) is 20.1. The highest BCUT2D eigenvalue weighted by atomic mass is 16.5. The Balaban J connectivity index is 1.04. The summed E-state index contributed by atoms with van der Waals surface area (Å²) in [6.45, 7) is 14.9. The first-order valence-electron chi connectivity index (χ1n) is 40.7. The third-order valence-electron chi connectivity index (χ3n) is 20.1. The molecule has 4 aromatic rings. The molecule has 9 heteroatoms. The predicted molar refractivity (Wildman–Crippen MR) is 435 cm³/mol. The Hall–Kier alpha value is -7.62. The van der Waals surface area contributed by atoms with Crippen molar-refractivity contribution in [2.75, 3.05) is 39.6 Å². The number of benzene rings is 4. The standard InChI is InChI=1S/C93H124N4O5/c1-5-9-13-16-19-22-25-28-31-34-40-68-100-79-50-44-47-75(71-79)91-84-59-57-82(94-84)90(74-53-55-78(56-54-74)99-67-43-38-37-39-66-98-65-12-8-4)83-58-60-85(95-83)92(76-48-45-51-80(72-76)101-69-41-35-32-29-26-23-20-17-14-10-6-2)87-62-64-89(97-87)93(88-63-61-86(91)96-88)77-49-46-52-81(73-77)102-70-42-36-33-30-27-24-21-18-15-11-7-3/h8,44-64,71-73H,4-7,9-43,65-70H2,1-3H3. The lowest BCUT2D eigenvalue weighted by molar-refractivity contribution is 0.134. The number of rotatable bonds is 54. The van der Waals surface area contributed by atoms with Crippen molar-refractivity contribution < 1.29 is 23.7 Å². The van der Waals surface area contributed by atoms with Crippen LogP contribution in [0.15, 0.2) is 201 Å². The zero-order chi connectivity index (χ0) is 70.7. The van der Waals surface area contributed by atoms with Crippen molar-refractivity contribution in [3.05, 3.63) is 203 Å². The highest BCUT2D eigenvalue weighted by molar-refractivity contribution is 6.39. The molecule has 0 unspecified atom stereocenters. The van der Waals surface area contributed by atoms with Gasteiger partial charge in [0.1, 0.15) is 23.0 Å². The number of allylic oxidation sites excluding steroid dienone is 12. The maximum atomic E-state index is 6.61. The SMILES string of the molecule is C=CCCOCCCCCCOc1ccc(C2=C3C=CC(=N3)C(c3cccc(OCCCCCCCCCCCCC)c3)=C3C=CC(=N3)C(c3cccc(OCCCCCCCCCCCCC)c3)=C3C=CC(=N3)C(c3cccc(OCCCCCCCCCCCCC)c3)=C3C=CC2=N3)cc1. The molecule has 0 atom stereocenters. The largest absolute Gasteiger partial charge is 0.494 e. The smallest absolute Gasteiger partial charge is 0.119 e. The summed E-state index contributed by atoms with van der Waals surface area (Å²) in [4.78, 5) is 22.6. The Morgan fingerprint density at radius 3 is 0.824 bits per heavy atom. The fourth-order valence-corrected chi connectivity index (χ4v) is 14.2. The molecule has 5 heterocycles. The van der Waals surface area contributed by atoms with E-state index < -0.39 is 0 Å². The van der Waals surface area contributed by atoms with Crippen LogP contribution in [0.4, 0.5) is 0 Å². The quantitative estimate of drug-likeness (QED) is 0.0324. The van der Waals surface area contributed by atoms with Gasteiger partial charge in [-0.25, -0.2) is 20.0 Å². The van der Waals surface area contributed by atoms with Crippen molar-refractivity contribution in [1.82, 2.24) is 0 Å². The Labute approximate surface area is 616 Å². The van der Waals surface area contributed by atoms with E-state index in [9.17, 15) is 0 Å². The number of nitrogens with zero attached hydrogens (tertiary/aromatic N) is 4. The van der Waals surface area contributed by atoms with E-state index in [-0.39, 0.29) is 0 Å². The summed E-state index contributed by atoms with van der Waals surface area (Å²) in [5.74, 6) is 3.35. The molecule has 4 aromatic carbocycles. The summed E-state index contributed by atoms with van der Waals surface area (Å²) in [6.07, 6.45) is 66.9. The second-order valence-electron chi connectivity index (χ2n) is 28.6. The number of aliphatic imine (C=N–C) groups is 4. The molecule has 0 N–H and O–H groups in total. The summed E-state index contributed by atoms with van der Waals surface area (Å²) >= 11 is 0. The Morgan fingerprint density at radius 2 is 0.529 bits per heavy atom. The van der Waals surface area contributed by atoms with E-state index in [1.165, 1.54) is 193 Å². The van der Waals surface area contributed by atoms with Gasteiger partial charge in [-0.15, -0.1) is 6.58 Å². The van der Waals surface area contributed by atoms with Crippen molar-refractivity contribution in [2.24, 2.45) is 20.0 Å². The van der Waals surface area contributed by atoms with Gasteiger partial charge in [0, 0.05) is 35.5 Å². The van der Waals surface area contributed by atoms with Gasteiger partial charge in [0.05, 0.1) is 72.1 Å². The second-order valence-corrected chi connectivity index (χ2v) is 28.6. The van der Waals surface area contributed by atoms with E-state index in [1.807, 2.05) is 6.08 Å². The maximum Gasteiger partial charge on any atom is 0.119 e. The molecular weight excluding hydrogens is 1250 g/mol. The average molecular weight is 1380 g/mol. The van der Waals surface area contributed by atoms with Crippen molar-refractivity contribution in [3.8, 4) is 23.0 Å². The molecule has 0 radical (unpaired) electrons. The first-order valence-corrected chi connectivity index (χ1v) is 40.7.